The summed E-state index contributed by atoms with van der Waals surface area (Å²) >= 11 is 0. The van der Waals surface area contributed by atoms with Crippen LogP contribution in [0.3, 0.4) is 0 Å². The maximum Gasteiger partial charge on any atom is -0.00208 e. The second kappa shape index (κ2) is 6.20. The molecule has 2 atom stereocenters. The Morgan fingerprint density at radius 3 is 2.65 bits per heavy atom. The zero-order chi connectivity index (χ0) is 12.1. The molecule has 0 amide bonds. The van der Waals surface area contributed by atoms with Gasteiger partial charge < -0.3 is 5.32 Å². The Bertz CT molecular complexity index is 343. The molecule has 94 valence electrons. The second-order valence-electron chi connectivity index (χ2n) is 5.56. The third-order valence-corrected chi connectivity index (χ3v) is 4.11. The van der Waals surface area contributed by atoms with Gasteiger partial charge in [0.1, 0.15) is 0 Å². The summed E-state index contributed by atoms with van der Waals surface area (Å²) in [6.07, 6.45) is 6.96. The highest BCUT2D eigenvalue weighted by atomic mass is 14.8. The monoisotopic (exact) mass is 231 g/mol. The lowest BCUT2D eigenvalue weighted by molar-refractivity contribution is 0.232. The molecule has 0 saturated heterocycles. The standard InChI is InChI=1S/C16H25N/c1-13-6-5-7-14(10-13)11-15-8-3-4-9-16(15)12-17-2/h5-7,10,15-17H,3-4,8-9,11-12H2,1-2H3. The summed E-state index contributed by atoms with van der Waals surface area (Å²) < 4.78 is 0. The molecule has 1 N–H and O–H groups in total. The summed E-state index contributed by atoms with van der Waals surface area (Å²) in [7, 11) is 2.08. The predicted octanol–water partition coefficient (Wildman–Crippen LogP) is 3.56. The molecule has 1 nitrogen and oxygen atoms in total. The van der Waals surface area contributed by atoms with Crippen LogP contribution in [-0.4, -0.2) is 13.6 Å². The predicted molar refractivity (Wildman–Crippen MR) is 74.3 cm³/mol. The van der Waals surface area contributed by atoms with Gasteiger partial charge >= 0.3 is 0 Å². The molecule has 2 unspecified atom stereocenters. The van der Waals surface area contributed by atoms with Crippen LogP contribution in [0.15, 0.2) is 24.3 Å². The van der Waals surface area contributed by atoms with Gasteiger partial charge in [-0.1, -0.05) is 42.7 Å². The van der Waals surface area contributed by atoms with Crippen LogP contribution in [-0.2, 0) is 6.42 Å². The molecule has 0 heterocycles. The summed E-state index contributed by atoms with van der Waals surface area (Å²) in [6.45, 7) is 3.38. The van der Waals surface area contributed by atoms with Gasteiger partial charge in [-0.2, -0.15) is 0 Å². The average Bonchev–Trinajstić information content (AvgIpc) is 2.32. The van der Waals surface area contributed by atoms with Crippen molar-refractivity contribution in [3.63, 3.8) is 0 Å². The Kier molecular flexibility index (Phi) is 4.61. The van der Waals surface area contributed by atoms with E-state index in [9.17, 15) is 0 Å². The van der Waals surface area contributed by atoms with E-state index < -0.39 is 0 Å². The van der Waals surface area contributed by atoms with E-state index >= 15 is 0 Å². The van der Waals surface area contributed by atoms with Gasteiger partial charge in [-0.3, -0.25) is 0 Å². The van der Waals surface area contributed by atoms with E-state index in [0.29, 0.717) is 0 Å². The van der Waals surface area contributed by atoms with Gasteiger partial charge in [-0.25, -0.2) is 0 Å². The summed E-state index contributed by atoms with van der Waals surface area (Å²) in [6, 6.07) is 9.03. The first kappa shape index (κ1) is 12.6. The molecule has 0 spiro atoms. The number of benzene rings is 1. The normalized spacial score (nSPS) is 24.8. The molecule has 17 heavy (non-hydrogen) atoms. The Morgan fingerprint density at radius 2 is 1.94 bits per heavy atom. The summed E-state index contributed by atoms with van der Waals surface area (Å²) in [4.78, 5) is 0. The van der Waals surface area contributed by atoms with Gasteiger partial charge in [0, 0.05) is 0 Å². The van der Waals surface area contributed by atoms with E-state index in [0.717, 1.165) is 11.8 Å². The highest BCUT2D eigenvalue weighted by molar-refractivity contribution is 5.22. The Balaban J connectivity index is 2.00. The molecular weight excluding hydrogens is 206 g/mol. The highest BCUT2D eigenvalue weighted by Gasteiger charge is 2.24. The van der Waals surface area contributed by atoms with Crippen molar-refractivity contribution in [3.8, 4) is 0 Å². The molecule has 0 radical (unpaired) electrons. The fraction of sp³-hybridized carbons (Fsp3) is 0.625. The van der Waals surface area contributed by atoms with Crippen molar-refractivity contribution in [2.24, 2.45) is 11.8 Å². The van der Waals surface area contributed by atoms with E-state index in [4.69, 9.17) is 0 Å². The molecule has 0 bridgehead atoms. The third kappa shape index (κ3) is 3.57. The highest BCUT2D eigenvalue weighted by Crippen LogP contribution is 2.32. The molecule has 1 aromatic rings. The minimum Gasteiger partial charge on any atom is -0.319 e. The fourth-order valence-electron chi connectivity index (χ4n) is 3.23. The van der Waals surface area contributed by atoms with E-state index in [1.807, 2.05) is 0 Å². The van der Waals surface area contributed by atoms with E-state index in [1.165, 1.54) is 49.8 Å². The van der Waals surface area contributed by atoms with Crippen LogP contribution in [0, 0.1) is 18.8 Å². The zero-order valence-corrected chi connectivity index (χ0v) is 11.2. The number of nitrogens with one attached hydrogen (secondary N) is 1. The number of rotatable bonds is 4. The molecular formula is C16H25N. The summed E-state index contributed by atoms with van der Waals surface area (Å²) in [5.41, 5.74) is 2.92. The summed E-state index contributed by atoms with van der Waals surface area (Å²) in [5.74, 6) is 1.77. The third-order valence-electron chi connectivity index (χ3n) is 4.11. The van der Waals surface area contributed by atoms with Crippen LogP contribution in [0.1, 0.15) is 36.8 Å². The Morgan fingerprint density at radius 1 is 1.18 bits per heavy atom. The van der Waals surface area contributed by atoms with Crippen molar-refractivity contribution in [2.75, 3.05) is 13.6 Å². The van der Waals surface area contributed by atoms with Crippen LogP contribution < -0.4 is 5.32 Å². The van der Waals surface area contributed by atoms with E-state index in [1.54, 1.807) is 0 Å². The first-order chi connectivity index (χ1) is 8.29. The smallest absolute Gasteiger partial charge is 0.00208 e. The van der Waals surface area contributed by atoms with Crippen molar-refractivity contribution in [1.82, 2.24) is 5.32 Å². The van der Waals surface area contributed by atoms with Gasteiger partial charge in [0.25, 0.3) is 0 Å². The van der Waals surface area contributed by atoms with Crippen molar-refractivity contribution >= 4 is 0 Å². The number of hydrogen-bond donors (Lipinski definition) is 1. The van der Waals surface area contributed by atoms with Gasteiger partial charge in [0.05, 0.1) is 0 Å². The molecule has 0 aromatic heterocycles. The quantitative estimate of drug-likeness (QED) is 0.835. The maximum atomic E-state index is 3.36. The first-order valence-corrected chi connectivity index (χ1v) is 6.99. The molecule has 1 saturated carbocycles. The number of hydrogen-bond acceptors (Lipinski definition) is 1. The molecule has 1 aliphatic rings. The lowest BCUT2D eigenvalue weighted by Gasteiger charge is -2.31. The molecule has 1 heteroatoms. The Labute approximate surface area is 106 Å². The lowest BCUT2D eigenvalue weighted by Crippen LogP contribution is -2.30. The molecule has 0 aliphatic heterocycles. The zero-order valence-electron chi connectivity index (χ0n) is 11.2. The fourth-order valence-corrected chi connectivity index (χ4v) is 3.23. The minimum absolute atomic E-state index is 0.884. The van der Waals surface area contributed by atoms with Crippen LogP contribution in [0.5, 0.6) is 0 Å². The Hall–Kier alpha value is -0.820. The second-order valence-corrected chi connectivity index (χ2v) is 5.56. The minimum atomic E-state index is 0.884. The van der Waals surface area contributed by atoms with Gasteiger partial charge in [-0.05, 0) is 57.2 Å². The van der Waals surface area contributed by atoms with Crippen molar-refractivity contribution in [3.05, 3.63) is 35.4 Å². The molecule has 1 aromatic carbocycles. The summed E-state index contributed by atoms with van der Waals surface area (Å²) in [5, 5.41) is 3.36. The van der Waals surface area contributed by atoms with Crippen molar-refractivity contribution in [1.29, 1.82) is 0 Å². The van der Waals surface area contributed by atoms with Crippen LogP contribution >= 0.6 is 0 Å². The average molecular weight is 231 g/mol. The SMILES string of the molecule is CNCC1CCCCC1Cc1cccc(C)c1. The molecule has 1 fully saturated rings. The topological polar surface area (TPSA) is 12.0 Å². The van der Waals surface area contributed by atoms with Gasteiger partial charge in [-0.15, -0.1) is 0 Å². The van der Waals surface area contributed by atoms with E-state index in [2.05, 4.69) is 43.6 Å². The van der Waals surface area contributed by atoms with Crippen LogP contribution in [0.2, 0.25) is 0 Å². The molecule has 2 rings (SSSR count). The maximum absolute atomic E-state index is 3.36. The van der Waals surface area contributed by atoms with Gasteiger partial charge in [0.15, 0.2) is 0 Å². The first-order valence-electron chi connectivity index (χ1n) is 6.99. The van der Waals surface area contributed by atoms with Crippen molar-refractivity contribution in [2.45, 2.75) is 39.0 Å². The largest absolute Gasteiger partial charge is 0.319 e. The van der Waals surface area contributed by atoms with Gasteiger partial charge in [0.2, 0.25) is 0 Å². The number of aryl methyl sites for hydroxylation is 1. The lowest BCUT2D eigenvalue weighted by atomic mass is 9.76. The van der Waals surface area contributed by atoms with E-state index in [-0.39, 0.29) is 0 Å². The van der Waals surface area contributed by atoms with Crippen LogP contribution in [0.4, 0.5) is 0 Å². The van der Waals surface area contributed by atoms with Crippen molar-refractivity contribution < 1.29 is 0 Å². The van der Waals surface area contributed by atoms with Crippen LogP contribution in [0.25, 0.3) is 0 Å². The molecule has 1 aliphatic carbocycles.